The lowest BCUT2D eigenvalue weighted by Crippen LogP contribution is -2.16. The second-order valence-corrected chi connectivity index (χ2v) is 2.99. The minimum atomic E-state index is -0.747. The van der Waals surface area contributed by atoms with Crippen molar-refractivity contribution in [1.29, 1.82) is 0 Å². The minimum Gasteiger partial charge on any atom is -0.230 e. The van der Waals surface area contributed by atoms with Gasteiger partial charge in [0.1, 0.15) is 0 Å². The van der Waals surface area contributed by atoms with Gasteiger partial charge in [0.25, 0.3) is 0 Å². The fourth-order valence-corrected chi connectivity index (χ4v) is 1.18. The van der Waals surface area contributed by atoms with Gasteiger partial charge in [0.05, 0.1) is 5.60 Å². The van der Waals surface area contributed by atoms with E-state index in [0.29, 0.717) is 6.42 Å². The predicted octanol–water partition coefficient (Wildman–Crippen LogP) is 1.98. The zero-order valence-electron chi connectivity index (χ0n) is 4.70. The van der Waals surface area contributed by atoms with Crippen LogP contribution in [0.1, 0.15) is 20.3 Å². The van der Waals surface area contributed by atoms with Crippen LogP contribution in [-0.4, -0.2) is 10.9 Å². The van der Waals surface area contributed by atoms with E-state index in [1.165, 1.54) is 0 Å². The summed E-state index contributed by atoms with van der Waals surface area (Å²) >= 11 is 3.19. The Morgan fingerprint density at radius 3 is 2.00 bits per heavy atom. The summed E-state index contributed by atoms with van der Waals surface area (Å²) in [7, 11) is 0. The van der Waals surface area contributed by atoms with Gasteiger partial charge >= 0.3 is 0 Å². The molecule has 0 fully saturated rings. The Balaban J connectivity index is 3.15. The normalized spacial score (nSPS) is 12.0. The Morgan fingerprint density at radius 2 is 2.00 bits per heavy atom. The summed E-state index contributed by atoms with van der Waals surface area (Å²) in [6.45, 7) is 3.38. The molecular formula is C5H10BrO. The molecule has 0 bridgehead atoms. The smallest absolute Gasteiger partial charge is 0.0988 e. The topological polar surface area (TPSA) is 19.9 Å². The van der Waals surface area contributed by atoms with Crippen molar-refractivity contribution in [3.05, 3.63) is 0 Å². The van der Waals surface area contributed by atoms with Crippen LogP contribution in [0.5, 0.6) is 0 Å². The van der Waals surface area contributed by atoms with Crippen molar-refractivity contribution in [1.82, 2.24) is 0 Å². The molecule has 0 aromatic carbocycles. The van der Waals surface area contributed by atoms with E-state index in [1.54, 1.807) is 13.8 Å². The van der Waals surface area contributed by atoms with Gasteiger partial charge in [0, 0.05) is 5.33 Å². The zero-order chi connectivity index (χ0) is 5.91. The molecule has 0 heterocycles. The van der Waals surface area contributed by atoms with Crippen molar-refractivity contribution in [3.63, 3.8) is 0 Å². The van der Waals surface area contributed by atoms with Crippen LogP contribution in [0.4, 0.5) is 0 Å². The Morgan fingerprint density at radius 1 is 1.57 bits per heavy atom. The molecule has 1 nitrogen and oxygen atoms in total. The monoisotopic (exact) mass is 165 g/mol. The van der Waals surface area contributed by atoms with E-state index in [1.807, 2.05) is 0 Å². The quantitative estimate of drug-likeness (QED) is 0.559. The van der Waals surface area contributed by atoms with Crippen molar-refractivity contribution >= 4 is 15.9 Å². The number of hydrogen-bond acceptors (Lipinski definition) is 0. The first-order valence-corrected chi connectivity index (χ1v) is 3.45. The number of hydrogen-bond donors (Lipinski definition) is 0. The van der Waals surface area contributed by atoms with Gasteiger partial charge in [0.2, 0.25) is 0 Å². The highest BCUT2D eigenvalue weighted by molar-refractivity contribution is 9.09. The molecule has 0 aliphatic carbocycles. The second-order valence-electron chi connectivity index (χ2n) is 2.20. The molecular weight excluding hydrogens is 156 g/mol. The average Bonchev–Trinajstić information content (AvgIpc) is 1.30. The molecule has 0 aromatic rings. The molecule has 0 aliphatic rings. The van der Waals surface area contributed by atoms with E-state index in [9.17, 15) is 5.11 Å². The highest BCUT2D eigenvalue weighted by Gasteiger charge is 2.12. The van der Waals surface area contributed by atoms with Gasteiger partial charge < -0.3 is 0 Å². The van der Waals surface area contributed by atoms with Crippen LogP contribution in [0.3, 0.4) is 0 Å². The molecule has 0 aromatic heterocycles. The van der Waals surface area contributed by atoms with Crippen molar-refractivity contribution in [3.8, 4) is 0 Å². The number of alkyl halides is 1. The van der Waals surface area contributed by atoms with Gasteiger partial charge in [-0.1, -0.05) is 15.9 Å². The minimum absolute atomic E-state index is 0.701. The first-order chi connectivity index (χ1) is 3.06. The van der Waals surface area contributed by atoms with Crippen molar-refractivity contribution in [2.45, 2.75) is 25.9 Å². The summed E-state index contributed by atoms with van der Waals surface area (Å²) in [5.74, 6) is 0. The van der Waals surface area contributed by atoms with Gasteiger partial charge in [-0.25, -0.2) is 5.11 Å². The Hall–Kier alpha value is 0.440. The second kappa shape index (κ2) is 2.68. The summed E-state index contributed by atoms with van der Waals surface area (Å²) in [4.78, 5) is 0. The molecule has 0 saturated carbocycles. The average molecular weight is 166 g/mol. The summed E-state index contributed by atoms with van der Waals surface area (Å²) in [6, 6.07) is 0. The Kier molecular flexibility index (Phi) is 2.84. The third-order valence-electron chi connectivity index (χ3n) is 0.697. The van der Waals surface area contributed by atoms with Gasteiger partial charge in [-0.3, -0.25) is 0 Å². The lowest BCUT2D eigenvalue weighted by atomic mass is 10.1. The molecule has 0 N–H and O–H groups in total. The van der Waals surface area contributed by atoms with E-state index < -0.39 is 5.60 Å². The van der Waals surface area contributed by atoms with Crippen molar-refractivity contribution in [2.24, 2.45) is 0 Å². The maximum absolute atomic E-state index is 10.7. The van der Waals surface area contributed by atoms with Crippen LogP contribution in [0.15, 0.2) is 0 Å². The summed E-state index contributed by atoms with van der Waals surface area (Å²) in [6.07, 6.45) is 0.701. The van der Waals surface area contributed by atoms with E-state index >= 15 is 0 Å². The first-order valence-electron chi connectivity index (χ1n) is 2.32. The SMILES string of the molecule is CC(C)([O])CCBr. The molecule has 0 unspecified atom stereocenters. The summed E-state index contributed by atoms with van der Waals surface area (Å²) < 4.78 is 0. The molecule has 0 spiro atoms. The molecule has 2 heteroatoms. The largest absolute Gasteiger partial charge is 0.230 e. The van der Waals surface area contributed by atoms with E-state index in [4.69, 9.17) is 0 Å². The molecule has 0 atom stereocenters. The first kappa shape index (κ1) is 7.44. The van der Waals surface area contributed by atoms with E-state index in [0.717, 1.165) is 5.33 Å². The third-order valence-corrected chi connectivity index (χ3v) is 1.09. The van der Waals surface area contributed by atoms with E-state index in [2.05, 4.69) is 15.9 Å². The van der Waals surface area contributed by atoms with Gasteiger partial charge in [-0.05, 0) is 20.3 Å². The standard InChI is InChI=1S/C5H10BrO/c1-5(2,7)3-4-6/h3-4H2,1-2H3. The van der Waals surface area contributed by atoms with Gasteiger partial charge in [-0.15, -0.1) is 0 Å². The zero-order valence-corrected chi connectivity index (χ0v) is 6.29. The number of halogens is 1. The Labute approximate surface area is 52.9 Å². The molecule has 0 aliphatic heterocycles. The van der Waals surface area contributed by atoms with Crippen LogP contribution in [0.25, 0.3) is 0 Å². The third kappa shape index (κ3) is 6.44. The van der Waals surface area contributed by atoms with E-state index in [-0.39, 0.29) is 0 Å². The van der Waals surface area contributed by atoms with Crippen LogP contribution < -0.4 is 0 Å². The molecule has 1 radical (unpaired) electrons. The van der Waals surface area contributed by atoms with Crippen molar-refractivity contribution in [2.75, 3.05) is 5.33 Å². The van der Waals surface area contributed by atoms with Crippen LogP contribution in [0.2, 0.25) is 0 Å². The Bertz CT molecular complexity index is 46.5. The van der Waals surface area contributed by atoms with Crippen molar-refractivity contribution < 1.29 is 5.11 Å². The maximum Gasteiger partial charge on any atom is 0.0988 e. The lowest BCUT2D eigenvalue weighted by molar-refractivity contribution is 0.00242. The number of rotatable bonds is 2. The fourth-order valence-electron chi connectivity index (χ4n) is 0.228. The molecule has 0 saturated heterocycles. The molecule has 7 heavy (non-hydrogen) atoms. The predicted molar refractivity (Wildman–Crippen MR) is 33.2 cm³/mol. The maximum atomic E-state index is 10.7. The lowest BCUT2D eigenvalue weighted by Gasteiger charge is -2.09. The van der Waals surface area contributed by atoms with Crippen LogP contribution in [0, 0.1) is 0 Å². The van der Waals surface area contributed by atoms with Gasteiger partial charge in [0.15, 0.2) is 0 Å². The highest BCUT2D eigenvalue weighted by atomic mass is 79.9. The molecule has 0 rings (SSSR count). The van der Waals surface area contributed by atoms with Crippen LogP contribution >= 0.6 is 15.9 Å². The highest BCUT2D eigenvalue weighted by Crippen LogP contribution is 2.08. The fraction of sp³-hybridized carbons (Fsp3) is 1.00. The van der Waals surface area contributed by atoms with Crippen LogP contribution in [-0.2, 0) is 5.11 Å². The van der Waals surface area contributed by atoms with Gasteiger partial charge in [-0.2, -0.15) is 0 Å². The molecule has 43 valence electrons. The summed E-state index contributed by atoms with van der Waals surface area (Å²) in [5, 5.41) is 11.5. The summed E-state index contributed by atoms with van der Waals surface area (Å²) in [5.41, 5.74) is -0.747. The molecule has 0 amide bonds.